The first kappa shape index (κ1) is 14.5. The molecule has 1 amide bonds. The van der Waals surface area contributed by atoms with E-state index in [0.717, 1.165) is 12.1 Å². The standard InChI is InChI=1S/C12H10F3N3OS/c1-5(16)12-18-8(4-20-12)11(19)17-7-3-2-6(13)9(14)10(7)15/h2-5H,16H2,1H3,(H,17,19). The van der Waals surface area contributed by atoms with Crippen LogP contribution in [0, 0.1) is 17.5 Å². The van der Waals surface area contributed by atoms with E-state index in [1.807, 2.05) is 0 Å². The van der Waals surface area contributed by atoms with Crippen molar-refractivity contribution in [1.29, 1.82) is 0 Å². The van der Waals surface area contributed by atoms with Crippen molar-refractivity contribution in [2.45, 2.75) is 13.0 Å². The summed E-state index contributed by atoms with van der Waals surface area (Å²) in [4.78, 5) is 15.8. The van der Waals surface area contributed by atoms with Gasteiger partial charge in [-0.2, -0.15) is 0 Å². The Morgan fingerprint density at radius 1 is 1.35 bits per heavy atom. The van der Waals surface area contributed by atoms with Gasteiger partial charge in [0.05, 0.1) is 11.7 Å². The average molecular weight is 301 g/mol. The summed E-state index contributed by atoms with van der Waals surface area (Å²) in [7, 11) is 0. The molecule has 0 aliphatic heterocycles. The third-order valence-electron chi connectivity index (χ3n) is 2.43. The van der Waals surface area contributed by atoms with Crippen molar-refractivity contribution in [2.24, 2.45) is 5.73 Å². The molecule has 0 saturated heterocycles. The van der Waals surface area contributed by atoms with Gasteiger partial charge in [-0.25, -0.2) is 18.2 Å². The summed E-state index contributed by atoms with van der Waals surface area (Å²) >= 11 is 1.18. The number of nitrogens with one attached hydrogen (secondary N) is 1. The summed E-state index contributed by atoms with van der Waals surface area (Å²) in [6.07, 6.45) is 0. The van der Waals surface area contributed by atoms with Crippen molar-refractivity contribution < 1.29 is 18.0 Å². The van der Waals surface area contributed by atoms with Crippen LogP contribution in [0.25, 0.3) is 0 Å². The van der Waals surface area contributed by atoms with E-state index < -0.39 is 29.0 Å². The predicted molar refractivity (Wildman–Crippen MR) is 69.0 cm³/mol. The molecule has 0 radical (unpaired) electrons. The Hall–Kier alpha value is -1.93. The number of rotatable bonds is 3. The zero-order chi connectivity index (χ0) is 14.9. The van der Waals surface area contributed by atoms with Gasteiger partial charge in [0.15, 0.2) is 17.5 Å². The van der Waals surface area contributed by atoms with Crippen LogP contribution in [-0.4, -0.2) is 10.9 Å². The maximum atomic E-state index is 13.4. The topological polar surface area (TPSA) is 68.0 Å². The molecule has 0 saturated carbocycles. The molecule has 0 spiro atoms. The number of anilines is 1. The first-order valence-electron chi connectivity index (χ1n) is 5.56. The molecule has 0 fully saturated rings. The summed E-state index contributed by atoms with van der Waals surface area (Å²) in [6.45, 7) is 1.70. The Morgan fingerprint density at radius 3 is 2.65 bits per heavy atom. The van der Waals surface area contributed by atoms with E-state index >= 15 is 0 Å². The fourth-order valence-corrected chi connectivity index (χ4v) is 2.17. The monoisotopic (exact) mass is 301 g/mol. The number of halogens is 3. The van der Waals surface area contributed by atoms with Crippen LogP contribution >= 0.6 is 11.3 Å². The maximum Gasteiger partial charge on any atom is 0.275 e. The molecule has 1 atom stereocenters. The molecule has 0 bridgehead atoms. The molecular formula is C12H10F3N3OS. The smallest absolute Gasteiger partial charge is 0.275 e. The van der Waals surface area contributed by atoms with E-state index in [1.165, 1.54) is 16.7 Å². The molecule has 1 heterocycles. The summed E-state index contributed by atoms with van der Waals surface area (Å²) < 4.78 is 39.2. The lowest BCUT2D eigenvalue weighted by Crippen LogP contribution is -2.15. The summed E-state index contributed by atoms with van der Waals surface area (Å²) in [5, 5.41) is 4.12. The summed E-state index contributed by atoms with van der Waals surface area (Å²) in [6, 6.07) is 1.33. The van der Waals surface area contributed by atoms with Crippen molar-refractivity contribution in [3.63, 3.8) is 0 Å². The molecule has 8 heteroatoms. The quantitative estimate of drug-likeness (QED) is 0.857. The van der Waals surface area contributed by atoms with Gasteiger partial charge in [0.25, 0.3) is 5.91 Å². The molecule has 3 N–H and O–H groups in total. The van der Waals surface area contributed by atoms with Gasteiger partial charge in [-0.05, 0) is 19.1 Å². The normalized spacial score (nSPS) is 12.2. The van der Waals surface area contributed by atoms with Gasteiger partial charge in [-0.1, -0.05) is 0 Å². The lowest BCUT2D eigenvalue weighted by atomic mass is 10.2. The third kappa shape index (κ3) is 2.81. The molecular weight excluding hydrogens is 291 g/mol. The SMILES string of the molecule is CC(N)c1nc(C(=O)Nc2ccc(F)c(F)c2F)cs1. The van der Waals surface area contributed by atoms with E-state index in [2.05, 4.69) is 10.3 Å². The highest BCUT2D eigenvalue weighted by molar-refractivity contribution is 7.09. The van der Waals surface area contributed by atoms with Crippen molar-refractivity contribution in [2.75, 3.05) is 5.32 Å². The van der Waals surface area contributed by atoms with Crippen LogP contribution in [0.1, 0.15) is 28.5 Å². The highest BCUT2D eigenvalue weighted by atomic mass is 32.1. The Balaban J connectivity index is 2.21. The van der Waals surface area contributed by atoms with E-state index in [1.54, 1.807) is 6.92 Å². The third-order valence-corrected chi connectivity index (χ3v) is 3.47. The van der Waals surface area contributed by atoms with Crippen LogP contribution in [0.3, 0.4) is 0 Å². The van der Waals surface area contributed by atoms with E-state index in [9.17, 15) is 18.0 Å². The van der Waals surface area contributed by atoms with Gasteiger partial charge in [-0.3, -0.25) is 4.79 Å². The van der Waals surface area contributed by atoms with Gasteiger partial charge in [0, 0.05) is 5.38 Å². The van der Waals surface area contributed by atoms with Gasteiger partial charge in [-0.15, -0.1) is 11.3 Å². The summed E-state index contributed by atoms with van der Waals surface area (Å²) in [5.74, 6) is -5.15. The molecule has 2 aromatic rings. The minimum atomic E-state index is -1.64. The Morgan fingerprint density at radius 2 is 2.05 bits per heavy atom. The van der Waals surface area contributed by atoms with E-state index in [0.29, 0.717) is 5.01 Å². The molecule has 1 aromatic carbocycles. The van der Waals surface area contributed by atoms with Crippen LogP contribution in [0.4, 0.5) is 18.9 Å². The summed E-state index contributed by atoms with van der Waals surface area (Å²) in [5.41, 5.74) is 5.18. The van der Waals surface area contributed by atoms with Gasteiger partial charge < -0.3 is 11.1 Å². The molecule has 0 aliphatic rings. The second-order valence-electron chi connectivity index (χ2n) is 4.04. The molecule has 0 aliphatic carbocycles. The number of amides is 1. The van der Waals surface area contributed by atoms with Crippen molar-refractivity contribution in [3.05, 3.63) is 45.7 Å². The van der Waals surface area contributed by atoms with E-state index in [4.69, 9.17) is 5.73 Å². The number of benzene rings is 1. The number of nitrogens with two attached hydrogens (primary N) is 1. The number of hydrogen-bond donors (Lipinski definition) is 2. The molecule has 4 nitrogen and oxygen atoms in total. The Kier molecular flexibility index (Phi) is 4.05. The zero-order valence-corrected chi connectivity index (χ0v) is 11.1. The highest BCUT2D eigenvalue weighted by Crippen LogP contribution is 2.21. The number of nitrogens with zero attached hydrogens (tertiary/aromatic N) is 1. The molecule has 1 aromatic heterocycles. The maximum absolute atomic E-state index is 13.4. The van der Waals surface area contributed by atoms with Crippen molar-refractivity contribution in [3.8, 4) is 0 Å². The van der Waals surface area contributed by atoms with Crippen molar-refractivity contribution in [1.82, 2.24) is 4.98 Å². The molecule has 2 rings (SSSR count). The second-order valence-corrected chi connectivity index (χ2v) is 4.93. The lowest BCUT2D eigenvalue weighted by Gasteiger charge is -2.05. The fourth-order valence-electron chi connectivity index (χ4n) is 1.41. The van der Waals surface area contributed by atoms with Crippen LogP contribution in [-0.2, 0) is 0 Å². The van der Waals surface area contributed by atoms with Crippen molar-refractivity contribution >= 4 is 22.9 Å². The Bertz CT molecular complexity index is 657. The first-order chi connectivity index (χ1) is 9.40. The first-order valence-corrected chi connectivity index (χ1v) is 6.44. The number of thiazole rings is 1. The van der Waals surface area contributed by atoms with Crippen LogP contribution in [0.5, 0.6) is 0 Å². The minimum absolute atomic E-state index is 0.0337. The van der Waals surface area contributed by atoms with Gasteiger partial charge in [0.2, 0.25) is 0 Å². The van der Waals surface area contributed by atoms with Crippen LogP contribution in [0.2, 0.25) is 0 Å². The van der Waals surface area contributed by atoms with E-state index in [-0.39, 0.29) is 11.7 Å². The second kappa shape index (κ2) is 5.59. The number of carbonyl (C=O) groups is 1. The number of aromatic nitrogens is 1. The van der Waals surface area contributed by atoms with Crippen LogP contribution in [0.15, 0.2) is 17.5 Å². The molecule has 106 valence electrons. The molecule has 1 unspecified atom stereocenters. The fraction of sp³-hybridized carbons (Fsp3) is 0.167. The number of carbonyl (C=O) groups excluding carboxylic acids is 1. The predicted octanol–water partition coefficient (Wildman–Crippen LogP) is 2.83. The van der Waals surface area contributed by atoms with Gasteiger partial charge >= 0.3 is 0 Å². The highest BCUT2D eigenvalue weighted by Gasteiger charge is 2.18. The van der Waals surface area contributed by atoms with Gasteiger partial charge in [0.1, 0.15) is 10.7 Å². The molecule has 20 heavy (non-hydrogen) atoms. The number of hydrogen-bond acceptors (Lipinski definition) is 4. The Labute approximate surface area is 116 Å². The largest absolute Gasteiger partial charge is 0.322 e. The zero-order valence-electron chi connectivity index (χ0n) is 10.3. The lowest BCUT2D eigenvalue weighted by molar-refractivity contribution is 0.102. The van der Waals surface area contributed by atoms with Crippen LogP contribution < -0.4 is 11.1 Å². The minimum Gasteiger partial charge on any atom is -0.322 e. The average Bonchev–Trinajstić information content (AvgIpc) is 2.89.